The molecule has 0 aromatic carbocycles. The fraction of sp³-hybridized carbons (Fsp3) is 0.941. The summed E-state index contributed by atoms with van der Waals surface area (Å²) in [6.45, 7) is 14.1. The smallest absolute Gasteiger partial charge is 0.462 e. The van der Waals surface area contributed by atoms with Gasteiger partial charge in [-0.25, -0.2) is 9.13 Å². The minimum Gasteiger partial charge on any atom is -0.462 e. The first-order valence-corrected chi connectivity index (χ1v) is 38.2. The van der Waals surface area contributed by atoms with Gasteiger partial charge < -0.3 is 33.8 Å². The van der Waals surface area contributed by atoms with Crippen LogP contribution >= 0.6 is 15.6 Å². The SMILES string of the molecule is CCC(C)CCCCCCCCCCC(=O)OC[C@H](COP(=O)(O)OCC(O)COP(=O)(O)OC[C@@H](COC(=O)CCCCCCCCCCC(C)C)OC(=O)CCCCCCCCCCCC(C)C)OC(=O)CCCCCCCCCCCC(C)C. The van der Waals surface area contributed by atoms with E-state index in [0.29, 0.717) is 25.7 Å². The fourth-order valence-corrected chi connectivity index (χ4v) is 11.7. The molecule has 4 unspecified atom stereocenters. The van der Waals surface area contributed by atoms with E-state index >= 15 is 0 Å². The van der Waals surface area contributed by atoms with Crippen LogP contribution in [0.15, 0.2) is 0 Å². The van der Waals surface area contributed by atoms with Crippen LogP contribution in [0.5, 0.6) is 0 Å². The van der Waals surface area contributed by atoms with Crippen LogP contribution < -0.4 is 0 Å². The highest BCUT2D eigenvalue weighted by atomic mass is 31.2. The molecule has 0 fully saturated rings. The van der Waals surface area contributed by atoms with E-state index in [2.05, 4.69) is 55.4 Å². The van der Waals surface area contributed by atoms with Gasteiger partial charge in [0.05, 0.1) is 26.4 Å². The Balaban J connectivity index is 5.27. The number of hydrogen-bond donors (Lipinski definition) is 3. The standard InChI is InChI=1S/C68H132O17P2/c1-9-61(8)47-39-31-23-17-19-25-33-41-49-66(71)79-55-64(85-68(73)51-43-35-27-15-11-13-21-29-37-45-59(4)5)57-83-87(76,77)81-53-62(69)52-80-86(74,75)82-56-63(54-78-65(70)48-40-32-24-18-16-22-30-38-46-60(6)7)84-67(72)50-42-34-26-14-10-12-20-28-36-44-58(2)3/h58-64,69H,9-57H2,1-8H3,(H,74,75)(H,76,77)/t61?,62?,63-,64-/m1/s1. The lowest BCUT2D eigenvalue weighted by Crippen LogP contribution is -2.30. The van der Waals surface area contributed by atoms with E-state index in [1.807, 2.05) is 0 Å². The van der Waals surface area contributed by atoms with Gasteiger partial charge in [-0.1, -0.05) is 280 Å². The number of phosphoric acid groups is 2. The number of carbonyl (C=O) groups is 4. The molecule has 0 saturated carbocycles. The lowest BCUT2D eigenvalue weighted by molar-refractivity contribution is -0.161. The van der Waals surface area contributed by atoms with E-state index in [-0.39, 0.29) is 25.7 Å². The van der Waals surface area contributed by atoms with Crippen molar-refractivity contribution in [3.8, 4) is 0 Å². The highest BCUT2D eigenvalue weighted by molar-refractivity contribution is 7.47. The number of phosphoric ester groups is 2. The first kappa shape index (κ1) is 85.1. The van der Waals surface area contributed by atoms with Crippen LogP contribution in [-0.2, 0) is 65.4 Å². The van der Waals surface area contributed by atoms with Crippen molar-refractivity contribution < 1.29 is 80.2 Å². The number of carbonyl (C=O) groups excluding carboxylic acids is 4. The Kier molecular flexibility index (Phi) is 56.6. The minimum absolute atomic E-state index is 0.104. The molecule has 19 heteroatoms. The molecule has 0 aromatic heterocycles. The van der Waals surface area contributed by atoms with Crippen molar-refractivity contribution >= 4 is 39.5 Å². The first-order valence-electron chi connectivity index (χ1n) is 35.2. The molecule has 0 aromatic rings. The third-order valence-corrected chi connectivity index (χ3v) is 17.8. The van der Waals surface area contributed by atoms with Gasteiger partial charge in [0.15, 0.2) is 12.2 Å². The van der Waals surface area contributed by atoms with Gasteiger partial charge in [-0.3, -0.25) is 37.3 Å². The summed E-state index contributed by atoms with van der Waals surface area (Å²) >= 11 is 0. The van der Waals surface area contributed by atoms with E-state index in [4.69, 9.17) is 37.0 Å². The molecule has 0 amide bonds. The second-order valence-electron chi connectivity index (χ2n) is 26.2. The number of rotatable bonds is 65. The van der Waals surface area contributed by atoms with Crippen molar-refractivity contribution in [2.24, 2.45) is 23.7 Å². The maximum atomic E-state index is 13.0. The van der Waals surface area contributed by atoms with Crippen molar-refractivity contribution in [2.45, 2.75) is 350 Å². The van der Waals surface area contributed by atoms with Gasteiger partial charge in [-0.2, -0.15) is 0 Å². The van der Waals surface area contributed by atoms with Crippen LogP contribution in [0.25, 0.3) is 0 Å². The van der Waals surface area contributed by atoms with Crippen LogP contribution in [0.1, 0.15) is 331 Å². The van der Waals surface area contributed by atoms with Gasteiger partial charge in [0.1, 0.15) is 19.3 Å². The maximum absolute atomic E-state index is 13.0. The van der Waals surface area contributed by atoms with E-state index in [1.165, 1.54) is 135 Å². The molecule has 17 nitrogen and oxygen atoms in total. The second-order valence-corrected chi connectivity index (χ2v) is 29.1. The molecule has 87 heavy (non-hydrogen) atoms. The molecular weight excluding hydrogens is 1150 g/mol. The molecular formula is C68H132O17P2. The van der Waals surface area contributed by atoms with Crippen LogP contribution in [0.4, 0.5) is 0 Å². The van der Waals surface area contributed by atoms with Gasteiger partial charge in [0.2, 0.25) is 0 Å². The molecule has 0 bridgehead atoms. The Bertz CT molecular complexity index is 1730. The monoisotopic (exact) mass is 1280 g/mol. The molecule has 0 heterocycles. The van der Waals surface area contributed by atoms with Crippen LogP contribution in [0.3, 0.4) is 0 Å². The molecule has 3 N–H and O–H groups in total. The zero-order valence-electron chi connectivity index (χ0n) is 56.6. The van der Waals surface area contributed by atoms with Crippen LogP contribution in [-0.4, -0.2) is 96.7 Å². The average molecular weight is 1280 g/mol. The largest absolute Gasteiger partial charge is 0.472 e. The molecule has 0 aliphatic carbocycles. The fourth-order valence-electron chi connectivity index (χ4n) is 10.1. The number of aliphatic hydroxyl groups is 1. The summed E-state index contributed by atoms with van der Waals surface area (Å²) in [7, 11) is -9.90. The lowest BCUT2D eigenvalue weighted by atomic mass is 9.99. The van der Waals surface area contributed by atoms with Crippen LogP contribution in [0.2, 0.25) is 0 Å². The van der Waals surface area contributed by atoms with Crippen molar-refractivity contribution in [1.82, 2.24) is 0 Å². The molecule has 6 atom stereocenters. The summed E-state index contributed by atoms with van der Waals surface area (Å²) in [5.41, 5.74) is 0. The van der Waals surface area contributed by atoms with Crippen molar-refractivity contribution in [3.63, 3.8) is 0 Å². The second kappa shape index (κ2) is 57.9. The zero-order chi connectivity index (χ0) is 64.7. The number of hydrogen-bond acceptors (Lipinski definition) is 15. The van der Waals surface area contributed by atoms with Gasteiger partial charge in [0.25, 0.3) is 0 Å². The molecule has 0 aliphatic heterocycles. The Morgan fingerprint density at radius 1 is 0.322 bits per heavy atom. The molecule has 0 aliphatic rings. The molecule has 0 saturated heterocycles. The average Bonchev–Trinajstić information content (AvgIpc) is 3.61. The molecule has 0 radical (unpaired) electrons. The Morgan fingerprint density at radius 2 is 0.552 bits per heavy atom. The van der Waals surface area contributed by atoms with Gasteiger partial charge in [-0.15, -0.1) is 0 Å². The first-order chi connectivity index (χ1) is 41.6. The predicted molar refractivity (Wildman–Crippen MR) is 349 cm³/mol. The summed E-state index contributed by atoms with van der Waals surface area (Å²) in [4.78, 5) is 72.4. The summed E-state index contributed by atoms with van der Waals surface area (Å²) in [6.07, 6.45) is 38.9. The van der Waals surface area contributed by atoms with Crippen molar-refractivity contribution in [2.75, 3.05) is 39.6 Å². The number of unbranched alkanes of at least 4 members (excludes halogenated alkanes) is 30. The van der Waals surface area contributed by atoms with Gasteiger partial charge >= 0.3 is 39.5 Å². The third-order valence-electron chi connectivity index (χ3n) is 15.9. The van der Waals surface area contributed by atoms with Gasteiger partial charge in [-0.05, 0) is 49.4 Å². The van der Waals surface area contributed by atoms with E-state index in [1.54, 1.807) is 0 Å². The summed E-state index contributed by atoms with van der Waals surface area (Å²) in [5, 5.41) is 10.6. The lowest BCUT2D eigenvalue weighted by Gasteiger charge is -2.21. The van der Waals surface area contributed by atoms with E-state index in [9.17, 15) is 43.2 Å². The number of ether oxygens (including phenoxy) is 4. The summed E-state index contributed by atoms with van der Waals surface area (Å²) < 4.78 is 68.2. The quantitative estimate of drug-likeness (QED) is 0.0222. The third kappa shape index (κ3) is 61.3. The Labute approximate surface area is 530 Å². The number of esters is 4. The predicted octanol–water partition coefficient (Wildman–Crippen LogP) is 18.9. The Morgan fingerprint density at radius 3 is 0.816 bits per heavy atom. The summed E-state index contributed by atoms with van der Waals surface area (Å²) in [6, 6.07) is 0. The molecule has 516 valence electrons. The maximum Gasteiger partial charge on any atom is 0.472 e. The Hall–Kier alpha value is -1.94. The minimum atomic E-state index is -4.95. The zero-order valence-corrected chi connectivity index (χ0v) is 58.4. The topological polar surface area (TPSA) is 237 Å². The summed E-state index contributed by atoms with van der Waals surface area (Å²) in [5.74, 6) is 0.843. The number of aliphatic hydroxyl groups excluding tert-OH is 1. The van der Waals surface area contributed by atoms with Crippen molar-refractivity contribution in [3.05, 3.63) is 0 Å². The van der Waals surface area contributed by atoms with Crippen LogP contribution in [0, 0.1) is 23.7 Å². The highest BCUT2D eigenvalue weighted by Gasteiger charge is 2.30. The van der Waals surface area contributed by atoms with E-state index in [0.717, 1.165) is 114 Å². The highest BCUT2D eigenvalue weighted by Crippen LogP contribution is 2.45. The normalized spacial score (nSPS) is 14.6. The van der Waals surface area contributed by atoms with Crippen molar-refractivity contribution in [1.29, 1.82) is 0 Å². The van der Waals surface area contributed by atoms with Gasteiger partial charge in [0, 0.05) is 25.7 Å². The molecule has 0 spiro atoms. The molecule has 0 rings (SSSR count). The van der Waals surface area contributed by atoms with E-state index < -0.39 is 97.5 Å².